The molecule has 1 aromatic rings. The third kappa shape index (κ3) is 4.21. The number of nitrogens with one attached hydrogen (secondary N) is 1. The summed E-state index contributed by atoms with van der Waals surface area (Å²) in [6.07, 6.45) is 5.71. The summed E-state index contributed by atoms with van der Waals surface area (Å²) in [5, 5.41) is 2.88. The zero-order valence-corrected chi connectivity index (χ0v) is 17.9. The van der Waals surface area contributed by atoms with Crippen LogP contribution in [0.15, 0.2) is 34.1 Å². The van der Waals surface area contributed by atoms with E-state index in [0.717, 1.165) is 32.1 Å². The Balaban J connectivity index is 1.53. The number of sulfonamides is 2. The van der Waals surface area contributed by atoms with E-state index in [2.05, 4.69) is 5.32 Å². The first-order valence-electron chi connectivity index (χ1n) is 10.2. The van der Waals surface area contributed by atoms with Crippen molar-refractivity contribution in [1.82, 2.24) is 13.9 Å². The zero-order chi connectivity index (χ0) is 20.6. The van der Waals surface area contributed by atoms with E-state index >= 15 is 0 Å². The van der Waals surface area contributed by atoms with E-state index in [1.54, 1.807) is 0 Å². The molecule has 1 saturated carbocycles. The van der Waals surface area contributed by atoms with Gasteiger partial charge in [0.2, 0.25) is 26.0 Å². The first-order chi connectivity index (χ1) is 13.8. The Hall–Kier alpha value is -1.49. The van der Waals surface area contributed by atoms with Crippen LogP contribution in [-0.4, -0.2) is 63.1 Å². The Morgan fingerprint density at radius 2 is 1.38 bits per heavy atom. The molecule has 4 rings (SSSR count). The van der Waals surface area contributed by atoms with Crippen molar-refractivity contribution in [2.45, 2.75) is 66.8 Å². The second-order valence-corrected chi connectivity index (χ2v) is 11.8. The molecule has 1 unspecified atom stereocenters. The minimum Gasteiger partial charge on any atom is -0.352 e. The number of amides is 1. The summed E-state index contributed by atoms with van der Waals surface area (Å²) >= 11 is 0. The lowest BCUT2D eigenvalue weighted by atomic mass is 10.2. The lowest BCUT2D eigenvalue weighted by molar-refractivity contribution is -0.124. The maximum Gasteiger partial charge on any atom is 0.243 e. The number of rotatable bonds is 6. The third-order valence-corrected chi connectivity index (χ3v) is 9.65. The predicted octanol–water partition coefficient (Wildman–Crippen LogP) is 1.29. The molecule has 1 aromatic carbocycles. The molecular formula is C19H27N3O5S2. The second kappa shape index (κ2) is 7.98. The SMILES string of the molecule is O=C(NC1CC1)C1CCCN1S(=O)(=O)c1ccc(S(=O)(=O)N2CCCCC2)cc1. The molecule has 1 atom stereocenters. The fourth-order valence-corrected chi connectivity index (χ4v) is 7.16. The fourth-order valence-electron chi connectivity index (χ4n) is 3.99. The van der Waals surface area contributed by atoms with Crippen LogP contribution in [0.3, 0.4) is 0 Å². The van der Waals surface area contributed by atoms with Crippen LogP contribution in [0.1, 0.15) is 44.9 Å². The maximum absolute atomic E-state index is 13.1. The van der Waals surface area contributed by atoms with Gasteiger partial charge in [-0.25, -0.2) is 16.8 Å². The van der Waals surface area contributed by atoms with Crippen LogP contribution in [0.4, 0.5) is 0 Å². The fraction of sp³-hybridized carbons (Fsp3) is 0.632. The van der Waals surface area contributed by atoms with E-state index in [9.17, 15) is 21.6 Å². The van der Waals surface area contributed by atoms with Crippen molar-refractivity contribution in [2.24, 2.45) is 0 Å². The molecule has 3 aliphatic rings. The molecular weight excluding hydrogens is 414 g/mol. The summed E-state index contributed by atoms with van der Waals surface area (Å²) in [7, 11) is -7.48. The minimum atomic E-state index is -3.87. The van der Waals surface area contributed by atoms with Gasteiger partial charge in [-0.2, -0.15) is 8.61 Å². The van der Waals surface area contributed by atoms with E-state index in [0.29, 0.717) is 32.5 Å². The van der Waals surface area contributed by atoms with Crippen LogP contribution in [0.25, 0.3) is 0 Å². The zero-order valence-electron chi connectivity index (χ0n) is 16.3. The second-order valence-electron chi connectivity index (χ2n) is 7.99. The van der Waals surface area contributed by atoms with Crippen molar-refractivity contribution in [2.75, 3.05) is 19.6 Å². The Kier molecular flexibility index (Phi) is 5.71. The van der Waals surface area contributed by atoms with Crippen molar-refractivity contribution in [3.8, 4) is 0 Å². The van der Waals surface area contributed by atoms with Gasteiger partial charge in [-0.05, 0) is 62.8 Å². The van der Waals surface area contributed by atoms with Crippen molar-refractivity contribution >= 4 is 26.0 Å². The van der Waals surface area contributed by atoms with E-state index in [1.807, 2.05) is 0 Å². The van der Waals surface area contributed by atoms with Crippen LogP contribution in [0.5, 0.6) is 0 Å². The highest BCUT2D eigenvalue weighted by Gasteiger charge is 2.41. The molecule has 1 amide bonds. The van der Waals surface area contributed by atoms with E-state index in [1.165, 1.54) is 32.9 Å². The summed E-state index contributed by atoms with van der Waals surface area (Å²) in [5.41, 5.74) is 0. The third-order valence-electron chi connectivity index (χ3n) is 5.81. The number of carbonyl (C=O) groups excluding carboxylic acids is 1. The molecule has 0 aromatic heterocycles. The first-order valence-corrected chi connectivity index (χ1v) is 13.1. The number of hydrogen-bond donors (Lipinski definition) is 1. The topological polar surface area (TPSA) is 104 Å². The van der Waals surface area contributed by atoms with Crippen LogP contribution < -0.4 is 5.32 Å². The van der Waals surface area contributed by atoms with Crippen molar-refractivity contribution in [1.29, 1.82) is 0 Å². The number of nitrogens with zero attached hydrogens (tertiary/aromatic N) is 2. The summed E-state index contributed by atoms with van der Waals surface area (Å²) < 4.78 is 54.4. The molecule has 160 valence electrons. The molecule has 2 aliphatic heterocycles. The summed E-state index contributed by atoms with van der Waals surface area (Å²) in [6.45, 7) is 1.28. The van der Waals surface area contributed by atoms with E-state index < -0.39 is 26.1 Å². The smallest absolute Gasteiger partial charge is 0.243 e. The quantitative estimate of drug-likeness (QED) is 0.716. The van der Waals surface area contributed by atoms with Crippen molar-refractivity contribution in [3.63, 3.8) is 0 Å². The highest BCUT2D eigenvalue weighted by Crippen LogP contribution is 2.29. The van der Waals surface area contributed by atoms with Gasteiger partial charge in [-0.1, -0.05) is 6.42 Å². The van der Waals surface area contributed by atoms with Gasteiger partial charge in [0.25, 0.3) is 0 Å². The highest BCUT2D eigenvalue weighted by molar-refractivity contribution is 7.89. The normalized spacial score (nSPS) is 24.5. The molecule has 1 aliphatic carbocycles. The molecule has 29 heavy (non-hydrogen) atoms. The van der Waals surface area contributed by atoms with Crippen LogP contribution in [0, 0.1) is 0 Å². The van der Waals surface area contributed by atoms with E-state index in [-0.39, 0.29) is 21.7 Å². The number of piperidine rings is 1. The van der Waals surface area contributed by atoms with Crippen molar-refractivity contribution < 1.29 is 21.6 Å². The Bertz CT molecular complexity index is 966. The predicted molar refractivity (Wildman–Crippen MR) is 107 cm³/mol. The van der Waals surface area contributed by atoms with Gasteiger partial charge in [0, 0.05) is 25.7 Å². The van der Waals surface area contributed by atoms with Gasteiger partial charge in [0.15, 0.2) is 0 Å². The average Bonchev–Trinajstić information content (AvgIpc) is 3.39. The molecule has 3 fully saturated rings. The minimum absolute atomic E-state index is 0.0150. The van der Waals surface area contributed by atoms with Gasteiger partial charge in [-0.15, -0.1) is 0 Å². The number of benzene rings is 1. The lowest BCUT2D eigenvalue weighted by Crippen LogP contribution is -2.46. The monoisotopic (exact) mass is 441 g/mol. The van der Waals surface area contributed by atoms with Gasteiger partial charge in [0.1, 0.15) is 6.04 Å². The van der Waals surface area contributed by atoms with Crippen LogP contribution >= 0.6 is 0 Å². The summed E-state index contributed by atoms with van der Waals surface area (Å²) in [6, 6.07) is 4.85. The Morgan fingerprint density at radius 1 is 0.793 bits per heavy atom. The van der Waals surface area contributed by atoms with Gasteiger partial charge >= 0.3 is 0 Å². The molecule has 2 saturated heterocycles. The van der Waals surface area contributed by atoms with Gasteiger partial charge in [-0.3, -0.25) is 4.79 Å². The molecule has 10 heteroatoms. The molecule has 8 nitrogen and oxygen atoms in total. The highest BCUT2D eigenvalue weighted by atomic mass is 32.2. The first kappa shape index (κ1) is 20.8. The molecule has 0 radical (unpaired) electrons. The summed E-state index contributed by atoms with van der Waals surface area (Å²) in [5.74, 6) is -0.238. The van der Waals surface area contributed by atoms with Gasteiger partial charge in [0.05, 0.1) is 9.79 Å². The van der Waals surface area contributed by atoms with Crippen molar-refractivity contribution in [3.05, 3.63) is 24.3 Å². The lowest BCUT2D eigenvalue weighted by Gasteiger charge is -2.26. The Morgan fingerprint density at radius 3 is 1.97 bits per heavy atom. The largest absolute Gasteiger partial charge is 0.352 e. The molecule has 0 bridgehead atoms. The maximum atomic E-state index is 13.1. The number of carbonyl (C=O) groups is 1. The van der Waals surface area contributed by atoms with Crippen LogP contribution in [-0.2, 0) is 24.8 Å². The number of hydrogen-bond acceptors (Lipinski definition) is 5. The molecule has 1 N–H and O–H groups in total. The standard InChI is InChI=1S/C19H27N3O5S2/c23-19(20-15-6-7-15)18-5-4-14-22(18)29(26,27)17-10-8-16(9-11-17)28(24,25)21-12-2-1-3-13-21/h8-11,15,18H,1-7,12-14H2,(H,20,23). The van der Waals surface area contributed by atoms with Crippen LogP contribution in [0.2, 0.25) is 0 Å². The van der Waals surface area contributed by atoms with E-state index in [4.69, 9.17) is 0 Å². The average molecular weight is 442 g/mol. The Labute approximate surface area is 172 Å². The molecule has 0 spiro atoms. The van der Waals surface area contributed by atoms with Gasteiger partial charge < -0.3 is 5.32 Å². The molecule has 2 heterocycles. The summed E-state index contributed by atoms with van der Waals surface area (Å²) in [4.78, 5) is 12.6.